The van der Waals surface area contributed by atoms with Gasteiger partial charge in [-0.1, -0.05) is 13.8 Å². The van der Waals surface area contributed by atoms with Crippen LogP contribution in [0.3, 0.4) is 0 Å². The average molecular weight is 359 g/mol. The van der Waals surface area contributed by atoms with Gasteiger partial charge in [-0.15, -0.1) is 0 Å². The predicted octanol–water partition coefficient (Wildman–Crippen LogP) is 4.87. The second-order valence-electron chi connectivity index (χ2n) is 10.5. The molecule has 0 bridgehead atoms. The highest BCUT2D eigenvalue weighted by molar-refractivity contribution is 5.26. The third-order valence-electron chi connectivity index (χ3n) is 9.74. The molecule has 3 heteroatoms. The summed E-state index contributed by atoms with van der Waals surface area (Å²) in [4.78, 5) is 0. The topological polar surface area (TPSA) is 53.6 Å². The number of fused-ring (bicyclic) bond motifs is 5. The minimum absolute atomic E-state index is 0.0471. The molecule has 0 spiro atoms. The first-order chi connectivity index (χ1) is 12.4. The van der Waals surface area contributed by atoms with Crippen molar-refractivity contribution in [1.29, 1.82) is 0 Å². The van der Waals surface area contributed by atoms with Gasteiger partial charge in [0.15, 0.2) is 0 Å². The molecule has 1 aromatic rings. The third-order valence-corrected chi connectivity index (χ3v) is 9.74. The van der Waals surface area contributed by atoms with Gasteiger partial charge < -0.3 is 14.6 Å². The van der Waals surface area contributed by atoms with Gasteiger partial charge >= 0.3 is 0 Å². The van der Waals surface area contributed by atoms with Gasteiger partial charge in [-0.3, -0.25) is 0 Å². The van der Waals surface area contributed by atoms with Gasteiger partial charge in [0, 0.05) is 11.0 Å². The van der Waals surface area contributed by atoms with E-state index in [-0.39, 0.29) is 11.5 Å². The Morgan fingerprint density at radius 3 is 2.54 bits per heavy atom. The molecule has 1 heterocycles. The molecular formula is C23H34O3. The van der Waals surface area contributed by atoms with Crippen molar-refractivity contribution in [3.8, 4) is 0 Å². The zero-order valence-electron chi connectivity index (χ0n) is 16.3. The van der Waals surface area contributed by atoms with E-state index in [1.54, 1.807) is 12.5 Å². The van der Waals surface area contributed by atoms with Crippen LogP contribution in [-0.4, -0.2) is 16.3 Å². The lowest BCUT2D eigenvalue weighted by atomic mass is 9.44. The van der Waals surface area contributed by atoms with Gasteiger partial charge in [0.2, 0.25) is 0 Å². The van der Waals surface area contributed by atoms with Crippen LogP contribution in [0, 0.1) is 34.5 Å². The maximum absolute atomic E-state index is 11.7. The molecule has 4 saturated carbocycles. The van der Waals surface area contributed by atoms with Crippen molar-refractivity contribution >= 4 is 0 Å². The minimum atomic E-state index is -0.737. The molecule has 0 aromatic carbocycles. The molecular weight excluding hydrogens is 324 g/mol. The molecule has 144 valence electrons. The van der Waals surface area contributed by atoms with E-state index < -0.39 is 5.60 Å². The Hall–Kier alpha value is -0.800. The standard InChI is InChI=1S/C23H34O3/c1-21-13-17(24)5-3-15(21)4-6-18-19(21)7-10-22(2)20(18)8-11-23(22,25)16-9-12-26-14-16/h9,12,14-15,17-20,24-25H,3-8,10-11,13H2,1-2H3/t15?,17?,18-,19-,20+,21+,22+,23?/m1/s1. The lowest BCUT2D eigenvalue weighted by Gasteiger charge is -2.61. The van der Waals surface area contributed by atoms with E-state index in [0.717, 1.165) is 49.5 Å². The molecule has 5 rings (SSSR count). The average Bonchev–Trinajstić information content (AvgIpc) is 3.22. The lowest BCUT2D eigenvalue weighted by molar-refractivity contribution is -0.163. The van der Waals surface area contributed by atoms with Gasteiger partial charge in [0.05, 0.1) is 24.2 Å². The van der Waals surface area contributed by atoms with Crippen molar-refractivity contribution in [2.45, 2.75) is 83.3 Å². The van der Waals surface area contributed by atoms with Crippen LogP contribution in [0.25, 0.3) is 0 Å². The molecule has 0 saturated heterocycles. The summed E-state index contributed by atoms with van der Waals surface area (Å²) in [5.41, 5.74) is 0.501. The number of hydrogen-bond donors (Lipinski definition) is 2. The monoisotopic (exact) mass is 358 g/mol. The lowest BCUT2D eigenvalue weighted by Crippen LogP contribution is -2.56. The summed E-state index contributed by atoms with van der Waals surface area (Å²) in [6.07, 6.45) is 13.5. The quantitative estimate of drug-likeness (QED) is 0.753. The summed E-state index contributed by atoms with van der Waals surface area (Å²) in [6.45, 7) is 4.83. The molecule has 0 aliphatic heterocycles. The van der Waals surface area contributed by atoms with Crippen LogP contribution in [0.4, 0.5) is 0 Å². The Bertz CT molecular complexity index is 669. The Balaban J connectivity index is 1.48. The van der Waals surface area contributed by atoms with Gasteiger partial charge in [0.1, 0.15) is 0 Å². The van der Waals surface area contributed by atoms with Crippen molar-refractivity contribution in [1.82, 2.24) is 0 Å². The van der Waals surface area contributed by atoms with Gasteiger partial charge in [-0.25, -0.2) is 0 Å². The van der Waals surface area contributed by atoms with Gasteiger partial charge in [0.25, 0.3) is 0 Å². The van der Waals surface area contributed by atoms with E-state index in [4.69, 9.17) is 4.42 Å². The molecule has 8 atom stereocenters. The van der Waals surface area contributed by atoms with E-state index in [0.29, 0.717) is 17.3 Å². The molecule has 4 aliphatic rings. The zero-order valence-corrected chi connectivity index (χ0v) is 16.3. The Labute approximate surface area is 157 Å². The summed E-state index contributed by atoms with van der Waals surface area (Å²) in [6, 6.07) is 1.97. The molecule has 26 heavy (non-hydrogen) atoms. The minimum Gasteiger partial charge on any atom is -0.472 e. The summed E-state index contributed by atoms with van der Waals surface area (Å²) in [5, 5.41) is 22.1. The highest BCUT2D eigenvalue weighted by atomic mass is 16.3. The SMILES string of the molecule is C[C@]12CC(O)CCC1CC[C@@H]1[C@H]2CC[C@@]2(C)[C@H]1CCC2(O)c1ccoc1. The van der Waals surface area contributed by atoms with Gasteiger partial charge in [-0.05, 0) is 92.9 Å². The van der Waals surface area contributed by atoms with Crippen molar-refractivity contribution in [3.63, 3.8) is 0 Å². The summed E-state index contributed by atoms with van der Waals surface area (Å²) in [5.74, 6) is 2.82. The predicted molar refractivity (Wildman–Crippen MR) is 100 cm³/mol. The van der Waals surface area contributed by atoms with Crippen LogP contribution in [0.1, 0.15) is 77.2 Å². The number of hydrogen-bond acceptors (Lipinski definition) is 3. The largest absolute Gasteiger partial charge is 0.472 e. The highest BCUT2D eigenvalue weighted by Gasteiger charge is 2.65. The second kappa shape index (κ2) is 5.61. The molecule has 1 aromatic heterocycles. The fraction of sp³-hybridized carbons (Fsp3) is 0.826. The van der Waals surface area contributed by atoms with Gasteiger partial charge in [-0.2, -0.15) is 0 Å². The van der Waals surface area contributed by atoms with E-state index in [2.05, 4.69) is 13.8 Å². The number of aliphatic hydroxyl groups excluding tert-OH is 1. The Morgan fingerprint density at radius 1 is 1.00 bits per heavy atom. The molecule has 3 nitrogen and oxygen atoms in total. The fourth-order valence-electron chi connectivity index (χ4n) is 8.32. The molecule has 2 N–H and O–H groups in total. The first-order valence-corrected chi connectivity index (χ1v) is 10.8. The summed E-state index contributed by atoms with van der Waals surface area (Å²) >= 11 is 0. The van der Waals surface area contributed by atoms with E-state index in [1.165, 1.54) is 25.7 Å². The Morgan fingerprint density at radius 2 is 1.77 bits per heavy atom. The summed E-state index contributed by atoms with van der Waals surface area (Å²) in [7, 11) is 0. The number of aliphatic hydroxyl groups is 2. The fourth-order valence-corrected chi connectivity index (χ4v) is 8.32. The van der Waals surface area contributed by atoms with Crippen LogP contribution in [-0.2, 0) is 5.60 Å². The van der Waals surface area contributed by atoms with E-state index in [9.17, 15) is 10.2 Å². The van der Waals surface area contributed by atoms with Crippen LogP contribution in [0.5, 0.6) is 0 Å². The van der Waals surface area contributed by atoms with Crippen LogP contribution < -0.4 is 0 Å². The number of furan rings is 1. The molecule has 4 aliphatic carbocycles. The number of rotatable bonds is 1. The van der Waals surface area contributed by atoms with E-state index >= 15 is 0 Å². The van der Waals surface area contributed by atoms with Crippen LogP contribution in [0.2, 0.25) is 0 Å². The van der Waals surface area contributed by atoms with Crippen LogP contribution >= 0.6 is 0 Å². The van der Waals surface area contributed by atoms with Crippen molar-refractivity contribution < 1.29 is 14.6 Å². The highest BCUT2D eigenvalue weighted by Crippen LogP contribution is 2.70. The van der Waals surface area contributed by atoms with Crippen LogP contribution in [0.15, 0.2) is 23.0 Å². The maximum Gasteiger partial charge on any atom is 0.0983 e. The van der Waals surface area contributed by atoms with Crippen molar-refractivity contribution in [3.05, 3.63) is 24.2 Å². The molecule has 0 amide bonds. The summed E-state index contributed by atoms with van der Waals surface area (Å²) < 4.78 is 5.33. The van der Waals surface area contributed by atoms with Crippen molar-refractivity contribution in [2.24, 2.45) is 34.5 Å². The normalized spacial score (nSPS) is 53.6. The molecule has 0 radical (unpaired) electrons. The molecule has 4 fully saturated rings. The zero-order chi connectivity index (χ0) is 18.2. The molecule has 3 unspecified atom stereocenters. The maximum atomic E-state index is 11.7. The van der Waals surface area contributed by atoms with Crippen molar-refractivity contribution in [2.75, 3.05) is 0 Å². The first kappa shape index (κ1) is 17.3. The third kappa shape index (κ3) is 2.08. The Kier molecular flexibility index (Phi) is 3.73. The second-order valence-corrected chi connectivity index (χ2v) is 10.5. The van der Waals surface area contributed by atoms with E-state index in [1.807, 2.05) is 6.07 Å². The first-order valence-electron chi connectivity index (χ1n) is 10.8. The smallest absolute Gasteiger partial charge is 0.0983 e.